The Hall–Kier alpha value is -3.72. The van der Waals surface area contributed by atoms with E-state index in [1.165, 1.54) is 11.8 Å². The Kier molecular flexibility index (Phi) is 4.87. The third kappa shape index (κ3) is 3.42. The predicted molar refractivity (Wildman–Crippen MR) is 121 cm³/mol. The zero-order valence-corrected chi connectivity index (χ0v) is 17.4. The molecule has 2 aliphatic heterocycles. The molecule has 1 unspecified atom stereocenters. The van der Waals surface area contributed by atoms with E-state index in [4.69, 9.17) is 4.74 Å². The van der Waals surface area contributed by atoms with Gasteiger partial charge < -0.3 is 9.72 Å². The normalized spacial score (nSPS) is 17.5. The molecule has 0 aliphatic carbocycles. The number of thioether (sulfide) groups is 1. The molecule has 2 aliphatic rings. The molecule has 5 rings (SSSR count). The fraction of sp³-hybridized carbons (Fsp3) is 0.136. The van der Waals surface area contributed by atoms with Gasteiger partial charge in [0.1, 0.15) is 5.75 Å². The smallest absolute Gasteiger partial charge is 0.276 e. The number of amides is 1. The lowest BCUT2D eigenvalue weighted by molar-refractivity contribution is -0.122. The number of fused-ring (bicyclic) bond motifs is 2. The SMILES string of the molecule is COc1cccc(N2C=CN3C(SCC(=O)c4c[nH]c5ccccc45)=NNC3C2=O)c1. The number of nitrogens with zero attached hydrogens (tertiary/aromatic N) is 3. The third-order valence-corrected chi connectivity index (χ3v) is 6.15. The molecule has 0 saturated carbocycles. The summed E-state index contributed by atoms with van der Waals surface area (Å²) in [4.78, 5) is 32.2. The lowest BCUT2D eigenvalue weighted by atomic mass is 10.1. The molecule has 3 heterocycles. The fourth-order valence-corrected chi connectivity index (χ4v) is 4.45. The number of rotatable bonds is 5. The Morgan fingerprint density at radius 3 is 2.94 bits per heavy atom. The van der Waals surface area contributed by atoms with E-state index in [1.54, 1.807) is 41.6 Å². The van der Waals surface area contributed by atoms with Gasteiger partial charge in [-0.2, -0.15) is 5.10 Å². The quantitative estimate of drug-likeness (QED) is 0.601. The number of anilines is 1. The molecule has 3 aromatic rings. The number of benzene rings is 2. The second kappa shape index (κ2) is 7.84. The number of nitrogens with one attached hydrogen (secondary N) is 2. The highest BCUT2D eigenvalue weighted by Crippen LogP contribution is 2.28. The van der Waals surface area contributed by atoms with Crippen molar-refractivity contribution in [2.75, 3.05) is 17.8 Å². The van der Waals surface area contributed by atoms with Gasteiger partial charge in [-0.15, -0.1) is 0 Å². The fourth-order valence-electron chi connectivity index (χ4n) is 3.60. The first-order valence-electron chi connectivity index (χ1n) is 9.65. The van der Waals surface area contributed by atoms with E-state index in [9.17, 15) is 9.59 Å². The van der Waals surface area contributed by atoms with Crippen LogP contribution in [0.1, 0.15) is 10.4 Å². The van der Waals surface area contributed by atoms with E-state index in [-0.39, 0.29) is 17.4 Å². The van der Waals surface area contributed by atoms with Gasteiger partial charge in [-0.25, -0.2) is 0 Å². The summed E-state index contributed by atoms with van der Waals surface area (Å²) >= 11 is 1.30. The molecule has 0 spiro atoms. The molecule has 2 aromatic carbocycles. The molecule has 2 N–H and O–H groups in total. The Morgan fingerprint density at radius 1 is 1.19 bits per heavy atom. The van der Waals surface area contributed by atoms with Crippen LogP contribution in [-0.4, -0.2) is 45.8 Å². The third-order valence-electron chi connectivity index (χ3n) is 5.18. The van der Waals surface area contributed by atoms with Crippen molar-refractivity contribution in [1.82, 2.24) is 15.3 Å². The van der Waals surface area contributed by atoms with Crippen LogP contribution in [0, 0.1) is 0 Å². The number of hydrogen-bond donors (Lipinski definition) is 2. The van der Waals surface area contributed by atoms with Crippen LogP contribution in [0.3, 0.4) is 0 Å². The number of para-hydroxylation sites is 1. The first kappa shape index (κ1) is 19.3. The Bertz CT molecular complexity index is 1230. The van der Waals surface area contributed by atoms with Crippen LogP contribution in [0.4, 0.5) is 5.69 Å². The molecule has 0 bridgehead atoms. The number of carbonyl (C=O) groups is 2. The average Bonchev–Trinajstić information content (AvgIpc) is 3.42. The second-order valence-electron chi connectivity index (χ2n) is 7.00. The molecule has 1 amide bonds. The summed E-state index contributed by atoms with van der Waals surface area (Å²) in [5.41, 5.74) is 5.17. The van der Waals surface area contributed by atoms with Gasteiger partial charge in [-0.3, -0.25) is 24.8 Å². The topological polar surface area (TPSA) is 90.0 Å². The number of ketones is 1. The van der Waals surface area contributed by atoms with Crippen molar-refractivity contribution in [1.29, 1.82) is 0 Å². The summed E-state index contributed by atoms with van der Waals surface area (Å²) in [6.45, 7) is 0. The first-order chi connectivity index (χ1) is 15.2. The molecule has 0 saturated heterocycles. The molecule has 156 valence electrons. The van der Waals surface area contributed by atoms with Gasteiger partial charge in [-0.1, -0.05) is 36.0 Å². The van der Waals surface area contributed by atoms with E-state index in [1.807, 2.05) is 42.5 Å². The average molecular weight is 433 g/mol. The van der Waals surface area contributed by atoms with E-state index in [2.05, 4.69) is 15.5 Å². The van der Waals surface area contributed by atoms with Crippen molar-refractivity contribution in [2.24, 2.45) is 5.10 Å². The summed E-state index contributed by atoms with van der Waals surface area (Å²) in [7, 11) is 1.59. The van der Waals surface area contributed by atoms with Gasteiger partial charge in [0.2, 0.25) is 6.17 Å². The van der Waals surface area contributed by atoms with Crippen LogP contribution >= 0.6 is 11.8 Å². The molecular formula is C22H19N5O3S. The minimum absolute atomic E-state index is 0.000998. The molecule has 0 radical (unpaired) electrons. The highest BCUT2D eigenvalue weighted by Gasteiger charge is 2.38. The second-order valence-corrected chi connectivity index (χ2v) is 7.94. The lowest BCUT2D eigenvalue weighted by Gasteiger charge is -2.32. The molecule has 9 heteroatoms. The number of Topliss-reactive ketones (excluding diaryl/α,β-unsaturated/α-hetero) is 1. The number of amidine groups is 1. The minimum Gasteiger partial charge on any atom is -0.497 e. The maximum absolute atomic E-state index is 13.0. The first-order valence-corrected chi connectivity index (χ1v) is 10.6. The number of methoxy groups -OCH3 is 1. The molecule has 1 atom stereocenters. The molecular weight excluding hydrogens is 414 g/mol. The van der Waals surface area contributed by atoms with Crippen LogP contribution in [0.5, 0.6) is 5.75 Å². The van der Waals surface area contributed by atoms with Crippen LogP contribution in [0.2, 0.25) is 0 Å². The van der Waals surface area contributed by atoms with Crippen molar-refractivity contribution in [3.05, 3.63) is 72.7 Å². The van der Waals surface area contributed by atoms with Crippen molar-refractivity contribution < 1.29 is 14.3 Å². The van der Waals surface area contributed by atoms with E-state index in [0.29, 0.717) is 22.2 Å². The highest BCUT2D eigenvalue weighted by atomic mass is 32.2. The number of ether oxygens (including phenoxy) is 1. The summed E-state index contributed by atoms with van der Waals surface area (Å²) in [6.07, 6.45) is 4.56. The van der Waals surface area contributed by atoms with Crippen LogP contribution in [0.25, 0.3) is 10.9 Å². The van der Waals surface area contributed by atoms with Crippen molar-refractivity contribution in [3.63, 3.8) is 0 Å². The standard InChI is InChI=1S/C22H19N5O3S/c1-30-15-6-4-5-14(11-15)26-9-10-27-20(21(26)29)24-25-22(27)31-13-19(28)17-12-23-18-8-3-2-7-16(17)18/h2-12,20,23-24H,13H2,1H3. The molecule has 31 heavy (non-hydrogen) atoms. The van der Waals surface area contributed by atoms with Gasteiger partial charge in [0.15, 0.2) is 11.0 Å². The Balaban J connectivity index is 1.29. The zero-order chi connectivity index (χ0) is 21.4. The van der Waals surface area contributed by atoms with Crippen molar-refractivity contribution in [2.45, 2.75) is 6.17 Å². The van der Waals surface area contributed by atoms with E-state index in [0.717, 1.165) is 10.9 Å². The largest absolute Gasteiger partial charge is 0.497 e. The highest BCUT2D eigenvalue weighted by molar-refractivity contribution is 8.14. The van der Waals surface area contributed by atoms with Crippen LogP contribution < -0.4 is 15.1 Å². The molecule has 8 nitrogen and oxygen atoms in total. The van der Waals surface area contributed by atoms with E-state index >= 15 is 0 Å². The summed E-state index contributed by atoms with van der Waals surface area (Å²) in [5, 5.41) is 5.76. The molecule has 0 fully saturated rings. The Labute approximate surface area is 182 Å². The number of hydrazone groups is 1. The Morgan fingerprint density at radius 2 is 2.06 bits per heavy atom. The molecule has 1 aromatic heterocycles. The number of hydrogen-bond acceptors (Lipinski definition) is 7. The summed E-state index contributed by atoms with van der Waals surface area (Å²) in [5.74, 6) is 0.716. The lowest BCUT2D eigenvalue weighted by Crippen LogP contribution is -2.52. The number of aromatic nitrogens is 1. The van der Waals surface area contributed by atoms with E-state index < -0.39 is 6.17 Å². The van der Waals surface area contributed by atoms with Crippen LogP contribution in [-0.2, 0) is 4.79 Å². The number of carbonyl (C=O) groups excluding carboxylic acids is 2. The van der Waals surface area contributed by atoms with Gasteiger partial charge in [0.05, 0.1) is 18.6 Å². The van der Waals surface area contributed by atoms with Gasteiger partial charge >= 0.3 is 0 Å². The number of aromatic amines is 1. The van der Waals surface area contributed by atoms with Crippen LogP contribution in [0.15, 0.2) is 72.2 Å². The predicted octanol–water partition coefficient (Wildman–Crippen LogP) is 3.11. The van der Waals surface area contributed by atoms with Gasteiger partial charge in [-0.05, 0) is 18.2 Å². The summed E-state index contributed by atoms with van der Waals surface area (Å²) < 4.78 is 5.25. The number of H-pyrrole nitrogens is 1. The minimum atomic E-state index is -0.651. The maximum atomic E-state index is 13.0. The summed E-state index contributed by atoms with van der Waals surface area (Å²) in [6, 6.07) is 15.0. The monoisotopic (exact) mass is 433 g/mol. The zero-order valence-electron chi connectivity index (χ0n) is 16.6. The van der Waals surface area contributed by atoms with Crippen molar-refractivity contribution in [3.8, 4) is 5.75 Å². The van der Waals surface area contributed by atoms with Gasteiger partial charge in [0, 0.05) is 41.1 Å². The maximum Gasteiger partial charge on any atom is 0.276 e. The van der Waals surface area contributed by atoms with Gasteiger partial charge in [0.25, 0.3) is 5.91 Å². The van der Waals surface area contributed by atoms with Crippen molar-refractivity contribution >= 4 is 45.2 Å².